The molecule has 54 heavy (non-hydrogen) atoms. The van der Waals surface area contributed by atoms with E-state index in [9.17, 15) is 30.0 Å². The molecule has 5 unspecified atom stereocenters. The average molecular weight is 746 g/mol. The van der Waals surface area contributed by atoms with Gasteiger partial charge in [0.2, 0.25) is 5.91 Å². The second-order valence-corrected chi connectivity index (χ2v) is 16.1. The van der Waals surface area contributed by atoms with E-state index in [0.29, 0.717) is 18.9 Å². The number of aliphatic hydroxyl groups excluding tert-OH is 4. The van der Waals surface area contributed by atoms with Crippen LogP contribution in [0.2, 0.25) is 0 Å². The molecular formula is C42H59N5O7. The molecule has 0 saturated carbocycles. The number of fused-ring (bicyclic) bond motifs is 1. The molecule has 12 heteroatoms. The lowest BCUT2D eigenvalue weighted by Crippen LogP contribution is -2.56. The van der Waals surface area contributed by atoms with Crippen LogP contribution in [-0.2, 0) is 16.0 Å². The summed E-state index contributed by atoms with van der Waals surface area (Å²) in [5.74, 6) is 0.351. The number of aromatic nitrogens is 1. The number of carbonyl (C=O) groups excluding carboxylic acids is 2. The Labute approximate surface area is 318 Å². The molecule has 3 saturated heterocycles. The molecule has 0 aliphatic carbocycles. The normalized spacial score (nSPS) is 24.8. The molecule has 3 fully saturated rings. The average Bonchev–Trinajstić information content (AvgIpc) is 3.53. The highest BCUT2D eigenvalue weighted by atomic mass is 16.6. The van der Waals surface area contributed by atoms with E-state index in [-0.39, 0.29) is 23.9 Å². The van der Waals surface area contributed by atoms with Gasteiger partial charge < -0.3 is 50.2 Å². The first kappa shape index (κ1) is 39.9. The smallest absolute Gasteiger partial charge is 0.315 e. The Hall–Kier alpha value is -3.78. The van der Waals surface area contributed by atoms with E-state index in [4.69, 9.17) is 4.74 Å². The van der Waals surface area contributed by atoms with E-state index in [1.807, 2.05) is 54.6 Å². The number of aliphatic hydroxyl groups is 4. The zero-order valence-corrected chi connectivity index (χ0v) is 32.0. The number of amides is 3. The Morgan fingerprint density at radius 2 is 1.74 bits per heavy atom. The van der Waals surface area contributed by atoms with Gasteiger partial charge in [0.15, 0.2) is 6.23 Å². The Morgan fingerprint density at radius 1 is 0.981 bits per heavy atom. The fraction of sp³-hybridized carbons (Fsp3) is 0.571. The van der Waals surface area contributed by atoms with Crippen LogP contribution < -0.4 is 10.6 Å². The van der Waals surface area contributed by atoms with Gasteiger partial charge in [-0.15, -0.1) is 0 Å². The number of nitrogens with zero attached hydrogens (tertiary/aromatic N) is 3. The monoisotopic (exact) mass is 745 g/mol. The van der Waals surface area contributed by atoms with Gasteiger partial charge in [-0.3, -0.25) is 4.79 Å². The standard InChI is InChI=1S/C42H59N5O7/c1-28(2)23-43-41(53)44-24-35(49)46-20-16-42(17-21-46)15-7-19-45(27-42)18-5-4-9-30-11-13-31(14-12-30)22-32-25-47(33-10-6-8-29(3)36(32)33)40-39(52)38(51)37(50)34(26-48)54-40/h4,6,8-14,25,28,34,37-40,48,50-52H,5,7,15-24,26-27H2,1-3H3,(H2,43,44,53). The summed E-state index contributed by atoms with van der Waals surface area (Å²) in [6, 6.07) is 14.2. The predicted octanol–water partition coefficient (Wildman–Crippen LogP) is 3.58. The maximum absolute atomic E-state index is 12.8. The topological polar surface area (TPSA) is 160 Å². The highest BCUT2D eigenvalue weighted by molar-refractivity contribution is 5.88. The van der Waals surface area contributed by atoms with Gasteiger partial charge in [0.1, 0.15) is 24.4 Å². The summed E-state index contributed by atoms with van der Waals surface area (Å²) in [5, 5.41) is 47.9. The maximum atomic E-state index is 12.8. The van der Waals surface area contributed by atoms with E-state index in [1.54, 1.807) is 0 Å². The first-order chi connectivity index (χ1) is 26.0. The van der Waals surface area contributed by atoms with Gasteiger partial charge in [0.25, 0.3) is 0 Å². The summed E-state index contributed by atoms with van der Waals surface area (Å²) >= 11 is 0. The van der Waals surface area contributed by atoms with Crippen molar-refractivity contribution in [2.24, 2.45) is 11.3 Å². The van der Waals surface area contributed by atoms with Crippen LogP contribution in [0.1, 0.15) is 74.4 Å². The predicted molar refractivity (Wildman–Crippen MR) is 209 cm³/mol. The Morgan fingerprint density at radius 3 is 2.46 bits per heavy atom. The first-order valence-electron chi connectivity index (χ1n) is 19.6. The molecule has 3 aliphatic rings. The van der Waals surface area contributed by atoms with E-state index < -0.39 is 37.3 Å². The molecule has 1 spiro atoms. The van der Waals surface area contributed by atoms with Crippen molar-refractivity contribution in [1.82, 2.24) is 25.0 Å². The number of ether oxygens (including phenoxy) is 1. The van der Waals surface area contributed by atoms with Crippen molar-refractivity contribution < 1.29 is 34.8 Å². The van der Waals surface area contributed by atoms with E-state index >= 15 is 0 Å². The Balaban J connectivity index is 0.992. The van der Waals surface area contributed by atoms with Gasteiger partial charge in [0, 0.05) is 44.3 Å². The summed E-state index contributed by atoms with van der Waals surface area (Å²) in [5.41, 5.74) is 5.52. The quantitative estimate of drug-likeness (QED) is 0.164. The molecule has 2 aromatic carbocycles. The van der Waals surface area contributed by atoms with Crippen LogP contribution in [0.5, 0.6) is 0 Å². The Bertz CT molecular complexity index is 1750. The molecule has 0 bridgehead atoms. The van der Waals surface area contributed by atoms with Gasteiger partial charge in [-0.1, -0.05) is 62.4 Å². The van der Waals surface area contributed by atoms with Crippen LogP contribution in [-0.4, -0.2) is 124 Å². The van der Waals surface area contributed by atoms with Crippen LogP contribution >= 0.6 is 0 Å². The van der Waals surface area contributed by atoms with Crippen molar-refractivity contribution >= 4 is 28.9 Å². The Kier molecular flexibility index (Phi) is 13.1. The fourth-order valence-corrected chi connectivity index (χ4v) is 8.45. The number of nitrogens with one attached hydrogen (secondary N) is 2. The van der Waals surface area contributed by atoms with E-state index in [1.165, 1.54) is 12.8 Å². The summed E-state index contributed by atoms with van der Waals surface area (Å²) in [6.45, 7) is 10.9. The summed E-state index contributed by atoms with van der Waals surface area (Å²) < 4.78 is 7.72. The second kappa shape index (κ2) is 17.8. The van der Waals surface area contributed by atoms with Crippen LogP contribution in [0.15, 0.2) is 54.7 Å². The second-order valence-electron chi connectivity index (χ2n) is 16.1. The highest BCUT2D eigenvalue weighted by Gasteiger charge is 2.44. The summed E-state index contributed by atoms with van der Waals surface area (Å²) in [7, 11) is 0. The zero-order chi connectivity index (χ0) is 38.4. The number of urea groups is 1. The van der Waals surface area contributed by atoms with Crippen LogP contribution in [0.3, 0.4) is 0 Å². The molecule has 5 atom stereocenters. The number of aryl methyl sites for hydroxylation is 1. The number of hydrogen-bond donors (Lipinski definition) is 6. The lowest BCUT2D eigenvalue weighted by molar-refractivity contribution is -0.250. The van der Waals surface area contributed by atoms with Crippen LogP contribution in [0.4, 0.5) is 4.79 Å². The lowest BCUT2D eigenvalue weighted by Gasteiger charge is -2.47. The fourth-order valence-electron chi connectivity index (χ4n) is 8.45. The highest BCUT2D eigenvalue weighted by Crippen LogP contribution is 2.40. The number of carbonyl (C=O) groups is 2. The molecule has 12 nitrogen and oxygen atoms in total. The molecule has 3 aliphatic heterocycles. The van der Waals surface area contributed by atoms with Crippen LogP contribution in [0, 0.1) is 18.3 Å². The van der Waals surface area contributed by atoms with Gasteiger partial charge in [-0.25, -0.2) is 4.79 Å². The van der Waals surface area contributed by atoms with Crippen molar-refractivity contribution in [2.45, 2.75) is 89.9 Å². The molecular weight excluding hydrogens is 686 g/mol. The SMILES string of the molecule is Cc1cccc2c1c(Cc1ccc(C=CCCN3CCCC4(CCN(C(=O)CNC(=O)NCC(C)C)CC4)C3)cc1)cn2C1OC(CO)C(O)C(O)C1O. The molecule has 6 rings (SSSR count). The van der Waals surface area contributed by atoms with Gasteiger partial charge in [0.05, 0.1) is 18.7 Å². The minimum absolute atomic E-state index is 0.00934. The lowest BCUT2D eigenvalue weighted by atomic mass is 9.72. The van der Waals surface area contributed by atoms with Crippen LogP contribution in [0.25, 0.3) is 17.0 Å². The molecule has 6 N–H and O–H groups in total. The van der Waals surface area contributed by atoms with Crippen molar-refractivity contribution in [3.63, 3.8) is 0 Å². The largest absolute Gasteiger partial charge is 0.394 e. The van der Waals surface area contributed by atoms with Crippen molar-refractivity contribution in [3.8, 4) is 0 Å². The van der Waals surface area contributed by atoms with Gasteiger partial charge in [-0.05, 0) is 91.6 Å². The van der Waals surface area contributed by atoms with E-state index in [2.05, 4.69) is 52.0 Å². The molecule has 3 aromatic rings. The minimum atomic E-state index is -1.45. The number of rotatable bonds is 12. The third-order valence-corrected chi connectivity index (χ3v) is 11.6. The molecule has 0 radical (unpaired) electrons. The number of hydrogen-bond acceptors (Lipinski definition) is 8. The molecule has 1 aromatic heterocycles. The number of benzene rings is 2. The van der Waals surface area contributed by atoms with Gasteiger partial charge >= 0.3 is 6.03 Å². The number of likely N-dealkylation sites (tertiary alicyclic amines) is 2. The molecule has 4 heterocycles. The molecule has 3 amide bonds. The number of piperidine rings is 2. The molecule has 294 valence electrons. The zero-order valence-electron chi connectivity index (χ0n) is 32.0. The van der Waals surface area contributed by atoms with Crippen molar-refractivity contribution in [1.29, 1.82) is 0 Å². The summed E-state index contributed by atoms with van der Waals surface area (Å²) in [4.78, 5) is 29.2. The van der Waals surface area contributed by atoms with E-state index in [0.717, 1.165) is 85.1 Å². The van der Waals surface area contributed by atoms with Crippen molar-refractivity contribution in [3.05, 3.63) is 77.0 Å². The van der Waals surface area contributed by atoms with Gasteiger partial charge in [-0.2, -0.15) is 0 Å². The summed E-state index contributed by atoms with van der Waals surface area (Å²) in [6.07, 6.45) is 6.22. The van der Waals surface area contributed by atoms with Crippen molar-refractivity contribution in [2.75, 3.05) is 52.4 Å². The third-order valence-electron chi connectivity index (χ3n) is 11.6. The third kappa shape index (κ3) is 9.35. The first-order valence-corrected chi connectivity index (χ1v) is 19.6. The maximum Gasteiger partial charge on any atom is 0.315 e. The minimum Gasteiger partial charge on any atom is -0.394 e.